The Kier molecular flexibility index (Phi) is 4.53. The number of aliphatic hydroxyl groups is 1. The Morgan fingerprint density at radius 3 is 2.42 bits per heavy atom. The van der Waals surface area contributed by atoms with Gasteiger partial charge in [0.15, 0.2) is 5.76 Å². The van der Waals surface area contributed by atoms with Crippen LogP contribution in [0.1, 0.15) is 11.1 Å². The van der Waals surface area contributed by atoms with E-state index in [1.807, 2.05) is 43.3 Å². The van der Waals surface area contributed by atoms with Gasteiger partial charge in [-0.3, -0.25) is 0 Å². The van der Waals surface area contributed by atoms with Crippen molar-refractivity contribution in [1.82, 2.24) is 5.16 Å². The lowest BCUT2D eigenvalue weighted by atomic mass is 10.0. The van der Waals surface area contributed by atoms with E-state index in [2.05, 4.69) is 5.16 Å². The van der Waals surface area contributed by atoms with Gasteiger partial charge in [-0.25, -0.2) is 0 Å². The summed E-state index contributed by atoms with van der Waals surface area (Å²) in [6.07, 6.45) is 0. The maximum atomic E-state index is 9.86. The van der Waals surface area contributed by atoms with E-state index >= 15 is 0 Å². The largest absolute Gasteiger partial charge is 0.497 e. The Balaban J connectivity index is 2.11. The van der Waals surface area contributed by atoms with Gasteiger partial charge in [0.05, 0.1) is 26.4 Å². The Morgan fingerprint density at radius 2 is 1.79 bits per heavy atom. The van der Waals surface area contributed by atoms with Crippen LogP contribution in [-0.4, -0.2) is 24.5 Å². The average molecular weight is 325 g/mol. The summed E-state index contributed by atoms with van der Waals surface area (Å²) in [5.41, 5.74) is 3.95. The molecular weight excluding hydrogens is 306 g/mol. The standard InChI is InChI=1S/C19H19NO4/c1-12-4-6-13(7-5-12)19-16(11-21)18(20-24-19)15-9-8-14(22-2)10-17(15)23-3/h4-10,21H,11H2,1-3H3. The quantitative estimate of drug-likeness (QED) is 0.772. The molecule has 2 aromatic carbocycles. The zero-order valence-corrected chi connectivity index (χ0v) is 13.9. The van der Waals surface area contributed by atoms with E-state index in [0.29, 0.717) is 28.5 Å². The minimum absolute atomic E-state index is 0.183. The lowest BCUT2D eigenvalue weighted by molar-refractivity contribution is 0.281. The van der Waals surface area contributed by atoms with E-state index in [1.54, 1.807) is 20.3 Å². The highest BCUT2D eigenvalue weighted by Gasteiger charge is 2.21. The second-order valence-electron chi connectivity index (χ2n) is 5.43. The highest BCUT2D eigenvalue weighted by Crippen LogP contribution is 2.38. The predicted molar refractivity (Wildman–Crippen MR) is 91.1 cm³/mol. The molecular formula is C19H19NO4. The topological polar surface area (TPSA) is 64.7 Å². The van der Waals surface area contributed by atoms with Crippen LogP contribution in [0.15, 0.2) is 47.0 Å². The molecule has 124 valence electrons. The second-order valence-corrected chi connectivity index (χ2v) is 5.43. The van der Waals surface area contributed by atoms with Gasteiger partial charge in [0, 0.05) is 17.2 Å². The zero-order valence-electron chi connectivity index (χ0n) is 13.9. The molecule has 3 rings (SSSR count). The van der Waals surface area contributed by atoms with Crippen molar-refractivity contribution >= 4 is 0 Å². The van der Waals surface area contributed by atoms with E-state index in [0.717, 1.165) is 16.7 Å². The van der Waals surface area contributed by atoms with Crippen LogP contribution >= 0.6 is 0 Å². The number of aryl methyl sites for hydroxylation is 1. The van der Waals surface area contributed by atoms with Crippen molar-refractivity contribution in [2.24, 2.45) is 0 Å². The number of hydrogen-bond donors (Lipinski definition) is 1. The van der Waals surface area contributed by atoms with Crippen molar-refractivity contribution in [3.63, 3.8) is 0 Å². The number of aromatic nitrogens is 1. The van der Waals surface area contributed by atoms with Gasteiger partial charge in [-0.2, -0.15) is 0 Å². The molecule has 0 atom stereocenters. The molecule has 1 heterocycles. The minimum Gasteiger partial charge on any atom is -0.497 e. The molecule has 3 aromatic rings. The molecule has 5 heteroatoms. The SMILES string of the molecule is COc1ccc(-c2noc(-c3ccc(C)cc3)c2CO)c(OC)c1. The Morgan fingerprint density at radius 1 is 1.04 bits per heavy atom. The van der Waals surface area contributed by atoms with Crippen molar-refractivity contribution in [2.75, 3.05) is 14.2 Å². The van der Waals surface area contributed by atoms with Gasteiger partial charge < -0.3 is 19.1 Å². The molecule has 1 aromatic heterocycles. The third kappa shape index (κ3) is 2.86. The maximum absolute atomic E-state index is 9.86. The number of benzene rings is 2. The zero-order chi connectivity index (χ0) is 17.1. The molecule has 1 N–H and O–H groups in total. The Hall–Kier alpha value is -2.79. The summed E-state index contributed by atoms with van der Waals surface area (Å²) in [5, 5.41) is 14.0. The molecule has 0 aliphatic heterocycles. The van der Waals surface area contributed by atoms with E-state index in [-0.39, 0.29) is 6.61 Å². The normalized spacial score (nSPS) is 10.7. The van der Waals surface area contributed by atoms with Crippen molar-refractivity contribution in [3.05, 3.63) is 53.6 Å². The van der Waals surface area contributed by atoms with Crippen LogP contribution in [0.2, 0.25) is 0 Å². The fourth-order valence-corrected chi connectivity index (χ4v) is 2.59. The first-order chi connectivity index (χ1) is 11.7. The third-order valence-electron chi connectivity index (χ3n) is 3.92. The van der Waals surface area contributed by atoms with Crippen LogP contribution in [0.3, 0.4) is 0 Å². The van der Waals surface area contributed by atoms with E-state index < -0.39 is 0 Å². The van der Waals surface area contributed by atoms with E-state index in [4.69, 9.17) is 14.0 Å². The van der Waals surface area contributed by atoms with Crippen LogP contribution in [-0.2, 0) is 6.61 Å². The fourth-order valence-electron chi connectivity index (χ4n) is 2.59. The fraction of sp³-hybridized carbons (Fsp3) is 0.211. The first kappa shape index (κ1) is 16.1. The van der Waals surface area contributed by atoms with Gasteiger partial charge in [-0.15, -0.1) is 0 Å². The molecule has 0 saturated carbocycles. The summed E-state index contributed by atoms with van der Waals surface area (Å²) < 4.78 is 16.2. The molecule has 0 unspecified atom stereocenters. The summed E-state index contributed by atoms with van der Waals surface area (Å²) in [5.74, 6) is 1.85. The van der Waals surface area contributed by atoms with Crippen molar-refractivity contribution < 1.29 is 19.1 Å². The van der Waals surface area contributed by atoms with Gasteiger partial charge in [0.1, 0.15) is 17.2 Å². The first-order valence-corrected chi connectivity index (χ1v) is 7.56. The molecule has 5 nitrogen and oxygen atoms in total. The van der Waals surface area contributed by atoms with Gasteiger partial charge in [-0.05, 0) is 19.1 Å². The molecule has 0 bridgehead atoms. The van der Waals surface area contributed by atoms with Crippen molar-refractivity contribution in [1.29, 1.82) is 0 Å². The summed E-state index contributed by atoms with van der Waals surface area (Å²) in [6, 6.07) is 13.3. The van der Waals surface area contributed by atoms with E-state index in [9.17, 15) is 5.11 Å². The van der Waals surface area contributed by atoms with Gasteiger partial charge >= 0.3 is 0 Å². The van der Waals surface area contributed by atoms with Crippen molar-refractivity contribution in [3.8, 4) is 34.1 Å². The number of aliphatic hydroxyl groups excluding tert-OH is 1. The molecule has 0 amide bonds. The van der Waals surface area contributed by atoms with Crippen LogP contribution in [0.4, 0.5) is 0 Å². The summed E-state index contributed by atoms with van der Waals surface area (Å²) in [6.45, 7) is 1.84. The number of nitrogens with zero attached hydrogens (tertiary/aromatic N) is 1. The summed E-state index contributed by atoms with van der Waals surface area (Å²) in [7, 11) is 3.18. The molecule has 0 aliphatic rings. The molecule has 24 heavy (non-hydrogen) atoms. The Labute approximate surface area is 140 Å². The van der Waals surface area contributed by atoms with Crippen LogP contribution < -0.4 is 9.47 Å². The average Bonchev–Trinajstić information content (AvgIpc) is 3.05. The highest BCUT2D eigenvalue weighted by molar-refractivity contribution is 5.76. The first-order valence-electron chi connectivity index (χ1n) is 7.56. The molecule has 0 radical (unpaired) electrons. The number of rotatable bonds is 5. The van der Waals surface area contributed by atoms with E-state index in [1.165, 1.54) is 0 Å². The highest BCUT2D eigenvalue weighted by atomic mass is 16.5. The minimum atomic E-state index is -0.183. The summed E-state index contributed by atoms with van der Waals surface area (Å²) >= 11 is 0. The molecule has 0 spiro atoms. The molecule has 0 fully saturated rings. The maximum Gasteiger partial charge on any atom is 0.173 e. The lowest BCUT2D eigenvalue weighted by Crippen LogP contribution is -1.94. The van der Waals surface area contributed by atoms with Gasteiger partial charge in [0.2, 0.25) is 0 Å². The van der Waals surface area contributed by atoms with Crippen LogP contribution in [0.25, 0.3) is 22.6 Å². The van der Waals surface area contributed by atoms with Crippen molar-refractivity contribution in [2.45, 2.75) is 13.5 Å². The number of ether oxygens (including phenoxy) is 2. The van der Waals surface area contributed by atoms with Crippen LogP contribution in [0, 0.1) is 6.92 Å². The van der Waals surface area contributed by atoms with Gasteiger partial charge in [0.25, 0.3) is 0 Å². The van der Waals surface area contributed by atoms with Crippen LogP contribution in [0.5, 0.6) is 11.5 Å². The Bertz CT molecular complexity index is 837. The lowest BCUT2D eigenvalue weighted by Gasteiger charge is -2.09. The number of hydrogen-bond acceptors (Lipinski definition) is 5. The molecule has 0 saturated heterocycles. The third-order valence-corrected chi connectivity index (χ3v) is 3.92. The second kappa shape index (κ2) is 6.76. The summed E-state index contributed by atoms with van der Waals surface area (Å²) in [4.78, 5) is 0. The predicted octanol–water partition coefficient (Wildman–Crippen LogP) is 3.83. The number of methoxy groups -OCH3 is 2. The molecule has 0 aliphatic carbocycles. The van der Waals surface area contributed by atoms with Gasteiger partial charge in [-0.1, -0.05) is 35.0 Å². The monoisotopic (exact) mass is 325 g/mol. The smallest absolute Gasteiger partial charge is 0.173 e.